The normalized spacial score (nSPS) is 27.4. The maximum absolute atomic E-state index is 12.0. The van der Waals surface area contributed by atoms with Crippen LogP contribution >= 0.6 is 0 Å². The minimum absolute atomic E-state index is 0.244. The van der Waals surface area contributed by atoms with E-state index in [2.05, 4.69) is 17.5 Å². The Bertz CT molecular complexity index is 251. The van der Waals surface area contributed by atoms with Crippen molar-refractivity contribution in [1.29, 1.82) is 0 Å². The Labute approximate surface area is 98.5 Å². The van der Waals surface area contributed by atoms with Crippen molar-refractivity contribution >= 4 is 5.91 Å². The molecule has 2 aliphatic rings. The predicted octanol–water partition coefficient (Wildman–Crippen LogP) is 3.18. The maximum Gasteiger partial charge on any atom is 0.223 e. The van der Waals surface area contributed by atoms with Crippen molar-refractivity contribution < 1.29 is 4.79 Å². The quantitative estimate of drug-likeness (QED) is 0.563. The van der Waals surface area contributed by atoms with Gasteiger partial charge in [-0.3, -0.25) is 4.79 Å². The number of allylic oxidation sites excluding steroid dienone is 2. The zero-order valence-electron chi connectivity index (χ0n) is 10.1. The van der Waals surface area contributed by atoms with Crippen molar-refractivity contribution in [3.8, 4) is 0 Å². The van der Waals surface area contributed by atoms with Crippen LogP contribution in [0.1, 0.15) is 57.8 Å². The van der Waals surface area contributed by atoms with Crippen molar-refractivity contribution in [3.05, 3.63) is 12.2 Å². The summed E-state index contributed by atoms with van der Waals surface area (Å²) < 4.78 is 0. The van der Waals surface area contributed by atoms with Gasteiger partial charge >= 0.3 is 0 Å². The van der Waals surface area contributed by atoms with Gasteiger partial charge < -0.3 is 5.32 Å². The van der Waals surface area contributed by atoms with Gasteiger partial charge in [-0.15, -0.1) is 0 Å². The first kappa shape index (κ1) is 11.7. The number of hydrogen-bond donors (Lipinski definition) is 1. The Morgan fingerprint density at radius 3 is 2.38 bits per heavy atom. The van der Waals surface area contributed by atoms with Crippen LogP contribution in [-0.2, 0) is 4.79 Å². The molecule has 0 heterocycles. The molecule has 16 heavy (non-hydrogen) atoms. The van der Waals surface area contributed by atoms with Gasteiger partial charge in [0.2, 0.25) is 5.91 Å². The van der Waals surface area contributed by atoms with Crippen LogP contribution in [0, 0.1) is 5.92 Å². The van der Waals surface area contributed by atoms with Gasteiger partial charge in [0.1, 0.15) is 0 Å². The summed E-state index contributed by atoms with van der Waals surface area (Å²) in [4.78, 5) is 12.0. The van der Waals surface area contributed by atoms with Gasteiger partial charge in [-0.25, -0.2) is 0 Å². The van der Waals surface area contributed by atoms with Crippen LogP contribution in [0.15, 0.2) is 12.2 Å². The number of nitrogens with one attached hydrogen (secondary N) is 1. The van der Waals surface area contributed by atoms with Crippen molar-refractivity contribution in [2.45, 2.75) is 63.8 Å². The monoisotopic (exact) mass is 221 g/mol. The summed E-state index contributed by atoms with van der Waals surface area (Å²) in [6.07, 6.45) is 15.0. The Morgan fingerprint density at radius 2 is 1.75 bits per heavy atom. The molecule has 2 nitrogen and oxygen atoms in total. The van der Waals surface area contributed by atoms with Crippen LogP contribution in [0.3, 0.4) is 0 Å². The first-order valence-electron chi connectivity index (χ1n) is 6.81. The maximum atomic E-state index is 12.0. The molecular weight excluding hydrogens is 198 g/mol. The van der Waals surface area contributed by atoms with E-state index in [1.165, 1.54) is 38.5 Å². The molecule has 1 unspecified atom stereocenters. The SMILES string of the molecule is O=C(NC1CCCCCC1)C1CC=CCC1. The van der Waals surface area contributed by atoms with Crippen LogP contribution < -0.4 is 5.32 Å². The molecule has 0 aliphatic heterocycles. The number of hydrogen-bond acceptors (Lipinski definition) is 1. The van der Waals surface area contributed by atoms with E-state index < -0.39 is 0 Å². The van der Waals surface area contributed by atoms with Crippen LogP contribution in [0.5, 0.6) is 0 Å². The molecular formula is C14H23NO. The molecule has 0 aromatic heterocycles. The van der Waals surface area contributed by atoms with Gasteiger partial charge in [0.05, 0.1) is 0 Å². The summed E-state index contributed by atoms with van der Waals surface area (Å²) >= 11 is 0. The highest BCUT2D eigenvalue weighted by Gasteiger charge is 2.21. The van der Waals surface area contributed by atoms with Crippen LogP contribution in [0.25, 0.3) is 0 Å². The highest BCUT2D eigenvalue weighted by molar-refractivity contribution is 5.79. The van der Waals surface area contributed by atoms with Crippen molar-refractivity contribution in [2.24, 2.45) is 5.92 Å². The van der Waals surface area contributed by atoms with Gasteiger partial charge in [-0.1, -0.05) is 37.8 Å². The number of carbonyl (C=O) groups excluding carboxylic acids is 1. The molecule has 0 saturated heterocycles. The smallest absolute Gasteiger partial charge is 0.223 e. The average molecular weight is 221 g/mol. The Kier molecular flexibility index (Phi) is 4.44. The van der Waals surface area contributed by atoms with Crippen LogP contribution in [-0.4, -0.2) is 11.9 Å². The molecule has 1 N–H and O–H groups in total. The lowest BCUT2D eigenvalue weighted by Gasteiger charge is -2.22. The third-order valence-corrected chi connectivity index (χ3v) is 3.84. The summed E-state index contributed by atoms with van der Waals surface area (Å²) in [6, 6.07) is 0.459. The molecule has 2 heteroatoms. The Morgan fingerprint density at radius 1 is 1.00 bits per heavy atom. The fraction of sp³-hybridized carbons (Fsp3) is 0.786. The molecule has 0 spiro atoms. The summed E-state index contributed by atoms with van der Waals surface area (Å²) in [5.41, 5.74) is 0. The van der Waals surface area contributed by atoms with E-state index in [1.54, 1.807) is 0 Å². The predicted molar refractivity (Wildman–Crippen MR) is 66.1 cm³/mol. The largest absolute Gasteiger partial charge is 0.353 e. The third kappa shape index (κ3) is 3.36. The van der Waals surface area contributed by atoms with Gasteiger partial charge in [0.25, 0.3) is 0 Å². The van der Waals surface area contributed by atoms with Crippen molar-refractivity contribution in [1.82, 2.24) is 5.32 Å². The second-order valence-electron chi connectivity index (χ2n) is 5.18. The first-order chi connectivity index (χ1) is 7.86. The second-order valence-corrected chi connectivity index (χ2v) is 5.18. The van der Waals surface area contributed by atoms with E-state index in [-0.39, 0.29) is 5.92 Å². The number of carbonyl (C=O) groups is 1. The van der Waals surface area contributed by atoms with Gasteiger partial charge in [0.15, 0.2) is 0 Å². The standard InChI is InChI=1S/C14H23NO/c16-14(12-8-4-3-5-9-12)15-13-10-6-1-2-7-11-13/h3-4,12-13H,1-2,5-11H2,(H,15,16). The van der Waals surface area contributed by atoms with Gasteiger partial charge in [-0.05, 0) is 32.1 Å². The number of amides is 1. The van der Waals surface area contributed by atoms with E-state index in [4.69, 9.17) is 0 Å². The van der Waals surface area contributed by atoms with Crippen LogP contribution in [0.4, 0.5) is 0 Å². The topological polar surface area (TPSA) is 29.1 Å². The van der Waals surface area contributed by atoms with Crippen molar-refractivity contribution in [2.75, 3.05) is 0 Å². The molecule has 0 aromatic rings. The second kappa shape index (κ2) is 6.07. The molecule has 0 aromatic carbocycles. The van der Waals surface area contributed by atoms with E-state index in [9.17, 15) is 4.79 Å². The zero-order chi connectivity index (χ0) is 11.2. The highest BCUT2D eigenvalue weighted by atomic mass is 16.1. The van der Waals surface area contributed by atoms with Crippen molar-refractivity contribution in [3.63, 3.8) is 0 Å². The molecule has 0 bridgehead atoms. The lowest BCUT2D eigenvalue weighted by atomic mass is 9.93. The molecule has 1 saturated carbocycles. The molecule has 90 valence electrons. The first-order valence-corrected chi connectivity index (χ1v) is 6.81. The lowest BCUT2D eigenvalue weighted by Crippen LogP contribution is -2.38. The molecule has 1 amide bonds. The molecule has 1 fully saturated rings. The summed E-state index contributed by atoms with van der Waals surface area (Å²) in [5, 5.41) is 3.26. The Hall–Kier alpha value is -0.790. The van der Waals surface area contributed by atoms with Gasteiger partial charge in [-0.2, -0.15) is 0 Å². The molecule has 0 radical (unpaired) electrons. The minimum atomic E-state index is 0.244. The fourth-order valence-corrected chi connectivity index (χ4v) is 2.77. The fourth-order valence-electron chi connectivity index (χ4n) is 2.77. The zero-order valence-corrected chi connectivity index (χ0v) is 10.1. The average Bonchev–Trinajstić information content (AvgIpc) is 2.59. The minimum Gasteiger partial charge on any atom is -0.353 e. The van der Waals surface area contributed by atoms with Gasteiger partial charge in [0, 0.05) is 12.0 Å². The van der Waals surface area contributed by atoms with E-state index in [1.807, 2.05) is 0 Å². The van der Waals surface area contributed by atoms with Crippen LogP contribution in [0.2, 0.25) is 0 Å². The third-order valence-electron chi connectivity index (χ3n) is 3.84. The Balaban J connectivity index is 1.78. The van der Waals surface area contributed by atoms with E-state index in [0.717, 1.165) is 19.3 Å². The molecule has 2 rings (SSSR count). The molecule has 2 aliphatic carbocycles. The van der Waals surface area contributed by atoms with E-state index in [0.29, 0.717) is 11.9 Å². The molecule has 1 atom stereocenters. The summed E-state index contributed by atoms with van der Waals surface area (Å²) in [6.45, 7) is 0. The number of rotatable bonds is 2. The summed E-state index contributed by atoms with van der Waals surface area (Å²) in [7, 11) is 0. The van der Waals surface area contributed by atoms with E-state index >= 15 is 0 Å². The highest BCUT2D eigenvalue weighted by Crippen LogP contribution is 2.21. The summed E-state index contributed by atoms with van der Waals surface area (Å²) in [5.74, 6) is 0.546. The lowest BCUT2D eigenvalue weighted by molar-refractivity contribution is -0.126.